The van der Waals surface area contributed by atoms with E-state index in [2.05, 4.69) is 22.6 Å². The van der Waals surface area contributed by atoms with Crippen LogP contribution < -0.4 is 10.6 Å². The van der Waals surface area contributed by atoms with Crippen LogP contribution in [0.4, 0.5) is 13.2 Å². The minimum Gasteiger partial charge on any atom is -0.352 e. The van der Waals surface area contributed by atoms with Gasteiger partial charge >= 0.3 is 6.18 Å². The number of hydrogen-bond acceptors (Lipinski definition) is 3. The van der Waals surface area contributed by atoms with Crippen molar-refractivity contribution in [2.24, 2.45) is 5.92 Å². The van der Waals surface area contributed by atoms with E-state index in [9.17, 15) is 22.8 Å². The van der Waals surface area contributed by atoms with Gasteiger partial charge in [0, 0.05) is 43.2 Å². The Kier molecular flexibility index (Phi) is 5.75. The highest BCUT2D eigenvalue weighted by Crippen LogP contribution is 2.35. The Morgan fingerprint density at radius 1 is 1.19 bits per heavy atom. The van der Waals surface area contributed by atoms with E-state index >= 15 is 0 Å². The Balaban J connectivity index is 1.44. The van der Waals surface area contributed by atoms with Crippen LogP contribution in [0.25, 0.3) is 0 Å². The fraction of sp³-hybridized carbons (Fsp3) is 0.391. The maximum absolute atomic E-state index is 12.8. The van der Waals surface area contributed by atoms with Crippen LogP contribution in [0, 0.1) is 5.92 Å². The molecule has 0 saturated carbocycles. The molecule has 2 atom stereocenters. The average molecular weight is 431 g/mol. The van der Waals surface area contributed by atoms with Crippen LogP contribution in [-0.2, 0) is 12.6 Å². The second kappa shape index (κ2) is 8.34. The van der Waals surface area contributed by atoms with Gasteiger partial charge < -0.3 is 15.5 Å². The van der Waals surface area contributed by atoms with Gasteiger partial charge in [-0.2, -0.15) is 13.2 Å². The van der Waals surface area contributed by atoms with Crippen molar-refractivity contribution in [1.29, 1.82) is 0 Å². The molecule has 8 heteroatoms. The molecule has 1 saturated heterocycles. The maximum atomic E-state index is 12.8. The number of halogens is 3. The standard InChI is InChI=1S/C23H24F3N3O2/c1-29-12-16-11-28-22(31)19-10-15(5-6-18(19)20(16)13-29)21(30)27-8-7-14-3-2-4-17(9-14)23(24,25)26/h2-6,9-10,16,20H,7-8,11-13H2,1H3,(H,27,30)(H,28,31)/t16-,20-/m0/s1. The number of likely N-dealkylation sites (tertiary alicyclic amines) is 1. The molecular weight excluding hydrogens is 407 g/mol. The fourth-order valence-electron chi connectivity index (χ4n) is 4.51. The van der Waals surface area contributed by atoms with Crippen molar-refractivity contribution in [3.05, 3.63) is 70.3 Å². The highest BCUT2D eigenvalue weighted by molar-refractivity contribution is 6.01. The molecule has 2 aromatic rings. The van der Waals surface area contributed by atoms with E-state index in [1.165, 1.54) is 6.07 Å². The van der Waals surface area contributed by atoms with Gasteiger partial charge in [-0.3, -0.25) is 9.59 Å². The van der Waals surface area contributed by atoms with Gasteiger partial charge in [0.2, 0.25) is 0 Å². The van der Waals surface area contributed by atoms with Gasteiger partial charge in [0.05, 0.1) is 5.56 Å². The molecule has 4 rings (SSSR count). The van der Waals surface area contributed by atoms with Crippen molar-refractivity contribution < 1.29 is 22.8 Å². The maximum Gasteiger partial charge on any atom is 0.416 e. The first kappa shape index (κ1) is 21.4. The summed E-state index contributed by atoms with van der Waals surface area (Å²) in [5.74, 6) is 0.0666. The predicted octanol–water partition coefficient (Wildman–Crippen LogP) is 3.07. The summed E-state index contributed by atoms with van der Waals surface area (Å²) in [5, 5.41) is 5.69. The van der Waals surface area contributed by atoms with Gasteiger partial charge in [0.25, 0.3) is 11.8 Å². The number of hydrogen-bond donors (Lipinski definition) is 2. The smallest absolute Gasteiger partial charge is 0.352 e. The van der Waals surface area contributed by atoms with Gasteiger partial charge in [-0.1, -0.05) is 24.3 Å². The number of fused-ring (bicyclic) bond motifs is 3. The predicted molar refractivity (Wildman–Crippen MR) is 110 cm³/mol. The SMILES string of the molecule is CN1C[C@@H]2CNC(=O)c3cc(C(=O)NCCc4cccc(C(F)(F)F)c4)ccc3[C@H]2C1. The van der Waals surface area contributed by atoms with E-state index in [1.807, 2.05) is 6.07 Å². The summed E-state index contributed by atoms with van der Waals surface area (Å²) in [7, 11) is 2.06. The van der Waals surface area contributed by atoms with E-state index in [0.29, 0.717) is 29.2 Å². The lowest BCUT2D eigenvalue weighted by Crippen LogP contribution is -2.29. The molecule has 2 heterocycles. The Hall–Kier alpha value is -2.87. The number of amides is 2. The number of likely N-dealkylation sites (N-methyl/N-ethyl adjacent to an activating group) is 1. The number of rotatable bonds is 4. The highest BCUT2D eigenvalue weighted by atomic mass is 19.4. The zero-order chi connectivity index (χ0) is 22.2. The third-order valence-corrected chi connectivity index (χ3v) is 6.06. The average Bonchev–Trinajstić information content (AvgIpc) is 3.06. The lowest BCUT2D eigenvalue weighted by molar-refractivity contribution is -0.137. The van der Waals surface area contributed by atoms with Crippen LogP contribution in [0.3, 0.4) is 0 Å². The van der Waals surface area contributed by atoms with Crippen molar-refractivity contribution >= 4 is 11.8 Å². The van der Waals surface area contributed by atoms with Gasteiger partial charge in [-0.15, -0.1) is 0 Å². The molecule has 0 bridgehead atoms. The molecule has 2 aromatic carbocycles. The minimum atomic E-state index is -4.39. The molecule has 0 aliphatic carbocycles. The zero-order valence-corrected chi connectivity index (χ0v) is 17.1. The first-order valence-corrected chi connectivity index (χ1v) is 10.3. The quantitative estimate of drug-likeness (QED) is 0.782. The van der Waals surface area contributed by atoms with E-state index in [4.69, 9.17) is 0 Å². The molecule has 0 spiro atoms. The Morgan fingerprint density at radius 3 is 2.77 bits per heavy atom. The van der Waals surface area contributed by atoms with Gasteiger partial charge in [-0.05, 0) is 48.7 Å². The summed E-state index contributed by atoms with van der Waals surface area (Å²) in [4.78, 5) is 27.4. The van der Waals surface area contributed by atoms with E-state index < -0.39 is 11.7 Å². The van der Waals surface area contributed by atoms with E-state index in [0.717, 1.165) is 30.8 Å². The summed E-state index contributed by atoms with van der Waals surface area (Å²) in [5.41, 5.74) is 1.64. The summed E-state index contributed by atoms with van der Waals surface area (Å²) in [6.07, 6.45) is -4.12. The van der Waals surface area contributed by atoms with Crippen LogP contribution in [0.1, 0.15) is 43.3 Å². The van der Waals surface area contributed by atoms with Gasteiger partial charge in [0.1, 0.15) is 0 Å². The number of carbonyl (C=O) groups excluding carboxylic acids is 2. The molecule has 2 amide bonds. The molecular formula is C23H24F3N3O2. The minimum absolute atomic E-state index is 0.175. The molecule has 5 nitrogen and oxygen atoms in total. The lowest BCUT2D eigenvalue weighted by Gasteiger charge is -2.17. The van der Waals surface area contributed by atoms with E-state index in [-0.39, 0.29) is 30.7 Å². The molecule has 2 aliphatic rings. The summed E-state index contributed by atoms with van der Waals surface area (Å²) in [6, 6.07) is 10.3. The molecule has 31 heavy (non-hydrogen) atoms. The highest BCUT2D eigenvalue weighted by Gasteiger charge is 2.37. The normalized spacial score (nSPS) is 21.1. The first-order valence-electron chi connectivity index (χ1n) is 10.3. The van der Waals surface area contributed by atoms with Crippen molar-refractivity contribution in [2.45, 2.75) is 18.5 Å². The van der Waals surface area contributed by atoms with Crippen molar-refractivity contribution in [2.75, 3.05) is 33.2 Å². The third-order valence-electron chi connectivity index (χ3n) is 6.06. The largest absolute Gasteiger partial charge is 0.416 e. The Bertz CT molecular complexity index is 1010. The Morgan fingerprint density at radius 2 is 2.00 bits per heavy atom. The van der Waals surface area contributed by atoms with Crippen LogP contribution in [0.15, 0.2) is 42.5 Å². The molecule has 1 fully saturated rings. The van der Waals surface area contributed by atoms with E-state index in [1.54, 1.807) is 18.2 Å². The lowest BCUT2D eigenvalue weighted by atomic mass is 9.86. The monoisotopic (exact) mass is 431 g/mol. The molecule has 2 aliphatic heterocycles. The molecule has 2 N–H and O–H groups in total. The second-order valence-corrected chi connectivity index (χ2v) is 8.30. The van der Waals surface area contributed by atoms with Crippen LogP contribution in [-0.4, -0.2) is 49.9 Å². The second-order valence-electron chi connectivity index (χ2n) is 8.30. The summed E-state index contributed by atoms with van der Waals surface area (Å²) < 4.78 is 38.5. The van der Waals surface area contributed by atoms with Crippen LogP contribution >= 0.6 is 0 Å². The molecule has 0 radical (unpaired) electrons. The first-order chi connectivity index (χ1) is 14.7. The fourth-order valence-corrected chi connectivity index (χ4v) is 4.51. The van der Waals surface area contributed by atoms with Crippen molar-refractivity contribution in [3.8, 4) is 0 Å². The number of carbonyl (C=O) groups is 2. The Labute approximate surface area is 178 Å². The van der Waals surface area contributed by atoms with Gasteiger partial charge in [0.15, 0.2) is 0 Å². The van der Waals surface area contributed by atoms with Gasteiger partial charge in [-0.25, -0.2) is 0 Å². The number of nitrogens with zero attached hydrogens (tertiary/aromatic N) is 1. The molecule has 0 aromatic heterocycles. The number of benzene rings is 2. The zero-order valence-electron chi connectivity index (χ0n) is 17.1. The number of alkyl halides is 3. The molecule has 0 unspecified atom stereocenters. The van der Waals surface area contributed by atoms with Crippen molar-refractivity contribution in [3.63, 3.8) is 0 Å². The third kappa shape index (κ3) is 4.58. The van der Waals surface area contributed by atoms with Crippen LogP contribution in [0.2, 0.25) is 0 Å². The topological polar surface area (TPSA) is 61.4 Å². The van der Waals surface area contributed by atoms with Crippen LogP contribution in [0.5, 0.6) is 0 Å². The van der Waals surface area contributed by atoms with Crippen molar-refractivity contribution in [1.82, 2.24) is 15.5 Å². The summed E-state index contributed by atoms with van der Waals surface area (Å²) >= 11 is 0. The summed E-state index contributed by atoms with van der Waals surface area (Å²) in [6.45, 7) is 2.59. The molecule has 164 valence electrons. The number of nitrogens with one attached hydrogen (secondary N) is 2.